The standard InChI is InChI=1S/2C15H13N3O4.C14H14N2O7.C12H9F3N2O7S.C11H10N2O5.C8H6N2O3.C5H7NO.C5H10O3/c2*1-10(19)16-7-3-4-13-8-12-9-14(18(21)22)5-6-15(12)17(13)11(2)20;1-3-21-13(17)15-11-6-5-10(16(19)20)7-9(11)8-12(15)23-14(18)22-4-2;1-2-23-11(18)16-9-4-3-8(17(19)20)5-7(9)6-10(16)24-25(21,22)12(13,14)15;1-2-18-11(15)12-9-4-3-8(13(16)17)5-7(9)6-10(12)14;11-8-4-5-3-6(10(12)13)1-2-7(5)9-8;1-3-4-6-5(2)7;1-3-7-5(6)8-4-2/h2*5-6,8-9H,7H2,1-2H3,(H,16,19);5-8H,3-4H2,1-2H3;3-6H,2H2,1H3;3-5H,2,6H2,1H3;1-3H,4H2,(H,9,11);1H,4H2,2H3,(H,6,7);3-4H2,1-2H3. The Balaban J connectivity index is 0.000000285. The predicted molar refractivity (Wildman–Crippen MR) is 479 cm³/mol. The molecule has 10 aromatic rings. The molecule has 0 atom stereocenters. The van der Waals surface area contributed by atoms with Gasteiger partial charge in [0.1, 0.15) is 11.4 Å². The van der Waals surface area contributed by atoms with Crippen LogP contribution in [-0.4, -0.2) is 193 Å². The minimum absolute atomic E-state index is 0.0234. The second-order valence-electron chi connectivity index (χ2n) is 26.7. The molecule has 0 fully saturated rings. The van der Waals surface area contributed by atoms with Crippen LogP contribution in [0.25, 0.3) is 43.6 Å². The van der Waals surface area contributed by atoms with Gasteiger partial charge in [-0.1, -0.05) is 17.8 Å². The first-order valence-corrected chi connectivity index (χ1v) is 41.1. The number of nitrogens with zero attached hydrogens (tertiary/aromatic N) is 11. The third-order valence-corrected chi connectivity index (χ3v) is 18.1. The number of carbonyl (C=O) groups excluding carboxylic acids is 12. The first kappa shape index (κ1) is 110. The number of benzene rings is 6. The van der Waals surface area contributed by atoms with Gasteiger partial charge in [0.2, 0.25) is 53.1 Å². The molecule has 53 heteroatoms. The molecule has 49 nitrogen and oxygen atoms in total. The third-order valence-electron chi connectivity index (χ3n) is 17.1. The van der Waals surface area contributed by atoms with Gasteiger partial charge in [0.25, 0.3) is 34.1 Å². The van der Waals surface area contributed by atoms with Gasteiger partial charge in [0, 0.05) is 147 Å². The fraction of sp³-hybridized carbons (Fsp3) is 0.271. The van der Waals surface area contributed by atoms with Gasteiger partial charge in [-0.2, -0.15) is 21.6 Å². The molecule has 0 saturated carbocycles. The van der Waals surface area contributed by atoms with E-state index < -0.39 is 93.2 Å². The number of nitro groups is 6. The van der Waals surface area contributed by atoms with Crippen molar-refractivity contribution in [3.63, 3.8) is 0 Å². The Morgan fingerprint density at radius 1 is 0.428 bits per heavy atom. The number of non-ortho nitro benzene ring substituents is 6. The average Bonchev–Trinajstić information content (AvgIpc) is 1.63. The summed E-state index contributed by atoms with van der Waals surface area (Å²) in [5.41, 5.74) is -2.15. The second kappa shape index (κ2) is 51.5. The molecule has 0 radical (unpaired) electrons. The third kappa shape index (κ3) is 31.5. The van der Waals surface area contributed by atoms with Crippen molar-refractivity contribution in [3.05, 3.63) is 217 Å². The number of ether oxygens (including phenoxy) is 7. The zero-order valence-electron chi connectivity index (χ0n) is 74.4. The maximum atomic E-state index is 12.5. The fourth-order valence-corrected chi connectivity index (χ4v) is 12.0. The monoisotopic (exact) mass is 1950 g/mol. The van der Waals surface area contributed by atoms with Crippen molar-refractivity contribution in [3.8, 4) is 47.8 Å². The molecule has 0 unspecified atom stereocenters. The summed E-state index contributed by atoms with van der Waals surface area (Å²) >= 11 is 0. The van der Waals surface area contributed by atoms with Gasteiger partial charge in [0.05, 0.1) is 129 Å². The molecule has 6 heterocycles. The van der Waals surface area contributed by atoms with Gasteiger partial charge in [0.15, 0.2) is 0 Å². The molecule has 0 spiro atoms. The number of hydrogen-bond acceptors (Lipinski definition) is 34. The molecule has 2 aliphatic heterocycles. The average molecular weight is 1950 g/mol. The molecule has 138 heavy (non-hydrogen) atoms. The number of amides is 6. The zero-order chi connectivity index (χ0) is 103. The highest BCUT2D eigenvalue weighted by Crippen LogP contribution is 2.37. The van der Waals surface area contributed by atoms with Crippen LogP contribution >= 0.6 is 0 Å². The summed E-state index contributed by atoms with van der Waals surface area (Å²) < 4.78 is 101. The van der Waals surface area contributed by atoms with E-state index in [1.807, 2.05) is 0 Å². The van der Waals surface area contributed by atoms with Gasteiger partial charge in [-0.3, -0.25) is 103 Å². The molecule has 0 saturated heterocycles. The van der Waals surface area contributed by atoms with Gasteiger partial charge in [-0.15, -0.1) is 6.42 Å². The van der Waals surface area contributed by atoms with Crippen LogP contribution in [0, 0.1) is 96.7 Å². The Kier molecular flexibility index (Phi) is 41.2. The summed E-state index contributed by atoms with van der Waals surface area (Å²) in [6.45, 7) is 18.3. The van der Waals surface area contributed by atoms with E-state index in [0.29, 0.717) is 90.9 Å². The Morgan fingerprint density at radius 3 is 1.12 bits per heavy atom. The van der Waals surface area contributed by atoms with E-state index in [1.165, 1.54) is 142 Å². The van der Waals surface area contributed by atoms with Crippen LogP contribution in [0.3, 0.4) is 0 Å². The number of rotatable bonds is 18. The minimum Gasteiger partial charge on any atom is -0.449 e. The molecular weight excluding hydrogens is 1860 g/mol. The van der Waals surface area contributed by atoms with Crippen molar-refractivity contribution >= 4 is 171 Å². The molecule has 4 aromatic heterocycles. The van der Waals surface area contributed by atoms with Crippen LogP contribution in [0.1, 0.15) is 108 Å². The van der Waals surface area contributed by atoms with Crippen LogP contribution in [0.15, 0.2) is 133 Å². The van der Waals surface area contributed by atoms with Gasteiger partial charge >= 0.3 is 46.2 Å². The van der Waals surface area contributed by atoms with Crippen molar-refractivity contribution in [2.45, 2.75) is 94.5 Å². The second-order valence-corrected chi connectivity index (χ2v) is 28.3. The maximum Gasteiger partial charge on any atom is 0.534 e. The Bertz CT molecular complexity index is 6580. The van der Waals surface area contributed by atoms with Crippen molar-refractivity contribution < 1.29 is 146 Å². The van der Waals surface area contributed by atoms with Gasteiger partial charge in [-0.05, 0) is 113 Å². The van der Waals surface area contributed by atoms with Crippen molar-refractivity contribution in [1.82, 2.24) is 34.2 Å². The first-order chi connectivity index (χ1) is 65.0. The number of alkyl halides is 3. The number of hydrogen-bond donors (Lipinski definition) is 4. The lowest BCUT2D eigenvalue weighted by molar-refractivity contribution is -0.385. The largest absolute Gasteiger partial charge is 0.534 e. The van der Waals surface area contributed by atoms with Crippen LogP contribution in [0.5, 0.6) is 11.8 Å². The number of nitro benzene ring substituents is 6. The molecule has 0 bridgehead atoms. The molecule has 2 aliphatic rings. The van der Waals surface area contributed by atoms with Crippen LogP contribution in [-0.2, 0) is 75.4 Å². The molecule has 12 rings (SSSR count). The smallest absolute Gasteiger partial charge is 0.449 e. The molecule has 728 valence electrons. The Labute approximate surface area is 776 Å². The molecule has 6 amide bonds. The number of fused-ring (bicyclic) bond motifs is 6. The van der Waals surface area contributed by atoms with E-state index in [-0.39, 0.29) is 133 Å². The van der Waals surface area contributed by atoms with Crippen LogP contribution in [0.4, 0.5) is 82.6 Å². The summed E-state index contributed by atoms with van der Waals surface area (Å²) in [7, 11) is -6.06. The number of anilines is 2. The SMILES string of the molecule is C#CCNC(C)=O.CC(=O)NCC#Cc1cc2cc([N+](=O)[O-])ccc2n1C(C)=O.CC(=O)NCC#Cc1cc2cc([N+](=O)[O-])ccc2n1C(C)=O.CCOC(=O)N1C(=O)Cc2cc([N+](=O)[O-])ccc21.CCOC(=O)OCC.CCOC(=O)Oc1cc2cc([N+](=O)[O-])ccc2n1C(=O)OCC.CCOC(=O)n1c(OS(=O)(=O)C(F)(F)F)cc2cc([N+](=O)[O-])ccc21.O=C1Cc2cc([N+](=O)[O-])ccc2N1. The van der Waals surface area contributed by atoms with E-state index in [4.69, 9.17) is 20.6 Å². The lowest BCUT2D eigenvalue weighted by atomic mass is 10.1. The number of terminal acetylenes is 1. The Morgan fingerprint density at radius 2 is 0.761 bits per heavy atom. The van der Waals surface area contributed by atoms with E-state index in [2.05, 4.69) is 74.0 Å². The Hall–Kier alpha value is -18.3. The molecule has 6 aromatic carbocycles. The number of imide groups is 1. The summed E-state index contributed by atoms with van der Waals surface area (Å²) in [6.07, 6.45) is 0.703. The maximum absolute atomic E-state index is 12.5. The molecular formula is C85H82F3N15O34S. The summed E-state index contributed by atoms with van der Waals surface area (Å²) in [4.78, 5) is 197. The quantitative estimate of drug-likeness (QED) is 0.0118. The summed E-state index contributed by atoms with van der Waals surface area (Å²) in [6, 6.07) is 29.0. The normalized spacial score (nSPS) is 10.9. The van der Waals surface area contributed by atoms with E-state index in [0.717, 1.165) is 33.7 Å². The highest BCUT2D eigenvalue weighted by atomic mass is 32.2. The molecule has 4 N–H and O–H groups in total. The topological polar surface area (TPSA) is 643 Å². The summed E-state index contributed by atoms with van der Waals surface area (Å²) in [5.74, 6) is 10.7. The fourth-order valence-electron chi connectivity index (χ4n) is 11.6. The minimum atomic E-state index is -6.06. The van der Waals surface area contributed by atoms with Crippen LogP contribution in [0.2, 0.25) is 0 Å². The van der Waals surface area contributed by atoms with Crippen molar-refractivity contribution in [1.29, 1.82) is 0 Å². The van der Waals surface area contributed by atoms with Gasteiger partial charge < -0.3 is 58.6 Å². The molecule has 0 aliphatic carbocycles. The highest BCUT2D eigenvalue weighted by Gasteiger charge is 2.49. The van der Waals surface area contributed by atoms with E-state index >= 15 is 0 Å². The van der Waals surface area contributed by atoms with Crippen molar-refractivity contribution in [2.24, 2.45) is 0 Å². The zero-order valence-corrected chi connectivity index (χ0v) is 75.2. The van der Waals surface area contributed by atoms with Gasteiger partial charge in [-0.25, -0.2) is 38.0 Å². The number of nitrogens with one attached hydrogen (secondary N) is 4. The van der Waals surface area contributed by atoms with Crippen LogP contribution < -0.4 is 35.1 Å². The summed E-state index contributed by atoms with van der Waals surface area (Å²) in [5, 5.41) is 75.7. The lowest BCUT2D eigenvalue weighted by Crippen LogP contribution is -2.34. The number of aromatic nitrogens is 4. The highest BCUT2D eigenvalue weighted by molar-refractivity contribution is 7.88. The first-order valence-electron chi connectivity index (χ1n) is 39.7. The lowest BCUT2D eigenvalue weighted by Gasteiger charge is -2.14. The van der Waals surface area contributed by atoms with E-state index in [1.54, 1.807) is 52.8 Å². The number of carbonyl (C=O) groups is 12. The van der Waals surface area contributed by atoms with Crippen molar-refractivity contribution in [2.75, 3.05) is 69.5 Å². The number of halogens is 3. The predicted octanol–water partition coefficient (Wildman–Crippen LogP) is 12.9. The van der Waals surface area contributed by atoms with E-state index in [9.17, 15) is 140 Å².